The van der Waals surface area contributed by atoms with Crippen LogP contribution in [0.2, 0.25) is 0 Å². The molecule has 4 heteroatoms. The van der Waals surface area contributed by atoms with Crippen molar-refractivity contribution in [2.75, 3.05) is 20.3 Å². The summed E-state index contributed by atoms with van der Waals surface area (Å²) in [7, 11) is 1.56. The van der Waals surface area contributed by atoms with E-state index in [9.17, 15) is 4.79 Å². The average molecular weight is 251 g/mol. The van der Waals surface area contributed by atoms with Crippen molar-refractivity contribution in [1.82, 2.24) is 5.32 Å². The van der Waals surface area contributed by atoms with Gasteiger partial charge >= 0.3 is 0 Å². The molecule has 0 radical (unpaired) electrons. The summed E-state index contributed by atoms with van der Waals surface area (Å²) in [5.41, 5.74) is 0.565. The lowest BCUT2D eigenvalue weighted by molar-refractivity contribution is 0.0950. The van der Waals surface area contributed by atoms with E-state index in [1.54, 1.807) is 19.2 Å². The number of ether oxygens (including phenoxy) is 1. The zero-order valence-corrected chi connectivity index (χ0v) is 10.8. The molecule has 2 N–H and O–H groups in total. The summed E-state index contributed by atoms with van der Waals surface area (Å²) in [5, 5.41) is 11.5. The molecule has 0 bridgehead atoms. The van der Waals surface area contributed by atoms with E-state index in [-0.39, 0.29) is 12.5 Å². The van der Waals surface area contributed by atoms with E-state index in [2.05, 4.69) is 5.32 Å². The number of carbonyl (C=O) groups is 1. The predicted octanol–water partition coefficient (Wildman–Crippen LogP) is 1.98. The van der Waals surface area contributed by atoms with E-state index < -0.39 is 0 Å². The van der Waals surface area contributed by atoms with Crippen molar-refractivity contribution in [3.05, 3.63) is 29.8 Å². The lowest BCUT2D eigenvalue weighted by Crippen LogP contribution is -2.24. The zero-order valence-electron chi connectivity index (χ0n) is 10.8. The Bertz CT molecular complexity index is 366. The largest absolute Gasteiger partial charge is 0.496 e. The number of aliphatic hydroxyl groups excluding tert-OH is 1. The molecule has 18 heavy (non-hydrogen) atoms. The first-order valence-electron chi connectivity index (χ1n) is 6.31. The van der Waals surface area contributed by atoms with Crippen molar-refractivity contribution in [2.24, 2.45) is 0 Å². The number of unbranched alkanes of at least 4 members (excludes halogenated alkanes) is 3. The third-order valence-corrected chi connectivity index (χ3v) is 2.72. The summed E-state index contributed by atoms with van der Waals surface area (Å²) in [4.78, 5) is 11.9. The molecule has 0 atom stereocenters. The smallest absolute Gasteiger partial charge is 0.255 e. The highest BCUT2D eigenvalue weighted by Crippen LogP contribution is 2.16. The number of carbonyl (C=O) groups excluding carboxylic acids is 1. The van der Waals surface area contributed by atoms with Crippen LogP contribution in [0.5, 0.6) is 5.75 Å². The minimum absolute atomic E-state index is 0.102. The van der Waals surface area contributed by atoms with Gasteiger partial charge in [0.1, 0.15) is 5.75 Å². The van der Waals surface area contributed by atoms with Crippen LogP contribution < -0.4 is 10.1 Å². The van der Waals surface area contributed by atoms with Gasteiger partial charge in [-0.2, -0.15) is 0 Å². The first kappa shape index (κ1) is 14.5. The second-order valence-corrected chi connectivity index (χ2v) is 4.09. The summed E-state index contributed by atoms with van der Waals surface area (Å²) in [5.74, 6) is 0.491. The van der Waals surface area contributed by atoms with E-state index in [1.807, 2.05) is 12.1 Å². The Balaban J connectivity index is 2.32. The summed E-state index contributed by atoms with van der Waals surface area (Å²) >= 11 is 0. The first-order chi connectivity index (χ1) is 8.79. The van der Waals surface area contributed by atoms with Gasteiger partial charge < -0.3 is 15.2 Å². The Morgan fingerprint density at radius 2 is 1.94 bits per heavy atom. The average Bonchev–Trinajstić information content (AvgIpc) is 2.42. The highest BCUT2D eigenvalue weighted by Gasteiger charge is 2.09. The number of nitrogens with one attached hydrogen (secondary N) is 1. The van der Waals surface area contributed by atoms with Crippen molar-refractivity contribution in [3.63, 3.8) is 0 Å². The van der Waals surface area contributed by atoms with Gasteiger partial charge in [0, 0.05) is 13.2 Å². The molecule has 1 aromatic carbocycles. The molecule has 0 spiro atoms. The van der Waals surface area contributed by atoms with Crippen molar-refractivity contribution < 1.29 is 14.6 Å². The number of hydrogen-bond acceptors (Lipinski definition) is 3. The molecule has 1 amide bonds. The monoisotopic (exact) mass is 251 g/mol. The molecular formula is C14H21NO3. The normalized spacial score (nSPS) is 10.1. The summed E-state index contributed by atoms with van der Waals surface area (Å²) < 4.78 is 5.14. The van der Waals surface area contributed by atoms with Crippen LogP contribution >= 0.6 is 0 Å². The Hall–Kier alpha value is -1.55. The molecule has 0 saturated carbocycles. The van der Waals surface area contributed by atoms with Gasteiger partial charge in [-0.1, -0.05) is 25.0 Å². The van der Waals surface area contributed by atoms with Gasteiger partial charge in [0.2, 0.25) is 0 Å². The lowest BCUT2D eigenvalue weighted by Gasteiger charge is -2.08. The predicted molar refractivity (Wildman–Crippen MR) is 70.9 cm³/mol. The first-order valence-corrected chi connectivity index (χ1v) is 6.31. The number of benzene rings is 1. The van der Waals surface area contributed by atoms with E-state index in [0.29, 0.717) is 17.9 Å². The van der Waals surface area contributed by atoms with Gasteiger partial charge in [-0.25, -0.2) is 0 Å². The second-order valence-electron chi connectivity index (χ2n) is 4.09. The fraction of sp³-hybridized carbons (Fsp3) is 0.500. The molecule has 1 aromatic rings. The molecule has 0 saturated heterocycles. The van der Waals surface area contributed by atoms with E-state index in [0.717, 1.165) is 25.7 Å². The molecule has 4 nitrogen and oxygen atoms in total. The molecule has 1 rings (SSSR count). The van der Waals surface area contributed by atoms with Crippen LogP contribution in [0.4, 0.5) is 0 Å². The maximum absolute atomic E-state index is 11.9. The molecule has 0 unspecified atom stereocenters. The maximum Gasteiger partial charge on any atom is 0.255 e. The van der Waals surface area contributed by atoms with Crippen LogP contribution in [0.25, 0.3) is 0 Å². The molecule has 0 aromatic heterocycles. The Morgan fingerprint density at radius 1 is 1.22 bits per heavy atom. The van der Waals surface area contributed by atoms with Crippen LogP contribution in [0.3, 0.4) is 0 Å². The molecule has 0 aliphatic heterocycles. The third-order valence-electron chi connectivity index (χ3n) is 2.72. The van der Waals surface area contributed by atoms with Crippen molar-refractivity contribution >= 4 is 5.91 Å². The van der Waals surface area contributed by atoms with Crippen molar-refractivity contribution in [1.29, 1.82) is 0 Å². The van der Waals surface area contributed by atoms with Gasteiger partial charge in [0.05, 0.1) is 12.7 Å². The minimum Gasteiger partial charge on any atom is -0.496 e. The number of hydrogen-bond donors (Lipinski definition) is 2. The number of para-hydroxylation sites is 1. The summed E-state index contributed by atoms with van der Waals surface area (Å²) in [6, 6.07) is 7.18. The molecule has 0 aliphatic carbocycles. The van der Waals surface area contributed by atoms with Gasteiger partial charge in [-0.3, -0.25) is 4.79 Å². The van der Waals surface area contributed by atoms with Crippen molar-refractivity contribution in [2.45, 2.75) is 25.7 Å². The summed E-state index contributed by atoms with van der Waals surface area (Å²) in [6.07, 6.45) is 3.79. The van der Waals surface area contributed by atoms with Crippen LogP contribution in [0.1, 0.15) is 36.0 Å². The Labute approximate surface area is 108 Å². The fourth-order valence-electron chi connectivity index (χ4n) is 1.72. The van der Waals surface area contributed by atoms with E-state index in [1.165, 1.54) is 0 Å². The van der Waals surface area contributed by atoms with Gasteiger partial charge in [-0.05, 0) is 25.0 Å². The summed E-state index contributed by atoms with van der Waals surface area (Å²) in [6.45, 7) is 0.899. The van der Waals surface area contributed by atoms with Crippen LogP contribution in [0.15, 0.2) is 24.3 Å². The third kappa shape index (κ3) is 4.75. The highest BCUT2D eigenvalue weighted by atomic mass is 16.5. The SMILES string of the molecule is COc1ccccc1C(=O)NCCCCCCO. The quantitative estimate of drug-likeness (QED) is 0.695. The Morgan fingerprint density at radius 3 is 2.67 bits per heavy atom. The lowest BCUT2D eigenvalue weighted by atomic mass is 10.1. The minimum atomic E-state index is -0.102. The molecular weight excluding hydrogens is 230 g/mol. The van der Waals surface area contributed by atoms with Crippen molar-refractivity contribution in [3.8, 4) is 5.75 Å². The van der Waals surface area contributed by atoms with Crippen LogP contribution in [-0.2, 0) is 0 Å². The van der Waals surface area contributed by atoms with Gasteiger partial charge in [-0.15, -0.1) is 0 Å². The number of amides is 1. The number of rotatable bonds is 8. The zero-order chi connectivity index (χ0) is 13.2. The van der Waals surface area contributed by atoms with Gasteiger partial charge in [0.15, 0.2) is 0 Å². The standard InChI is InChI=1S/C14H21NO3/c1-18-13-9-5-4-8-12(13)14(17)15-10-6-2-3-7-11-16/h4-5,8-9,16H,2-3,6-7,10-11H2,1H3,(H,15,17). The molecule has 100 valence electrons. The number of methoxy groups -OCH3 is 1. The molecule has 0 heterocycles. The molecule has 0 fully saturated rings. The maximum atomic E-state index is 11.9. The fourth-order valence-corrected chi connectivity index (χ4v) is 1.72. The molecule has 0 aliphatic rings. The Kier molecular flexibility index (Phi) is 6.87. The number of aliphatic hydroxyl groups is 1. The highest BCUT2D eigenvalue weighted by molar-refractivity contribution is 5.96. The van der Waals surface area contributed by atoms with E-state index >= 15 is 0 Å². The van der Waals surface area contributed by atoms with E-state index in [4.69, 9.17) is 9.84 Å². The van der Waals surface area contributed by atoms with Crippen LogP contribution in [-0.4, -0.2) is 31.3 Å². The topological polar surface area (TPSA) is 58.6 Å². The van der Waals surface area contributed by atoms with Gasteiger partial charge in [0.25, 0.3) is 5.91 Å². The van der Waals surface area contributed by atoms with Crippen LogP contribution in [0, 0.1) is 0 Å². The second kappa shape index (κ2) is 8.53.